The van der Waals surface area contributed by atoms with Crippen LogP contribution in [0, 0.1) is 11.2 Å². The highest BCUT2D eigenvalue weighted by Crippen LogP contribution is 2.27. The Bertz CT molecular complexity index is 1630. The molecule has 270 valence electrons. The van der Waals surface area contributed by atoms with Crippen molar-refractivity contribution in [3.05, 3.63) is 78.0 Å². The third-order valence-electron chi connectivity index (χ3n) is 8.87. The number of carbonyl (C=O) groups is 4. The van der Waals surface area contributed by atoms with Crippen molar-refractivity contribution in [2.24, 2.45) is 5.41 Å². The Morgan fingerprint density at radius 1 is 1.04 bits per heavy atom. The van der Waals surface area contributed by atoms with Gasteiger partial charge in [0, 0.05) is 32.7 Å². The summed E-state index contributed by atoms with van der Waals surface area (Å²) in [7, 11) is 1.49. The van der Waals surface area contributed by atoms with Crippen molar-refractivity contribution < 1.29 is 28.3 Å². The van der Waals surface area contributed by atoms with Crippen molar-refractivity contribution in [1.82, 2.24) is 30.0 Å². The molecule has 0 bridgehead atoms. The Hall–Kier alpha value is -4.74. The number of ether oxygens (including phenoxy) is 1. The smallest absolute Gasteiger partial charge is 0.410 e. The average molecular weight is 691 g/mol. The van der Waals surface area contributed by atoms with Crippen LogP contribution in [0.5, 0.6) is 0 Å². The fourth-order valence-corrected chi connectivity index (χ4v) is 5.85. The number of imidazole rings is 1. The molecule has 0 radical (unpaired) electrons. The number of halogens is 1. The van der Waals surface area contributed by atoms with Gasteiger partial charge in [-0.25, -0.2) is 14.2 Å². The number of likely N-dealkylation sites (N-methyl/N-ethyl adjacent to an activating group) is 1. The molecule has 2 aromatic carbocycles. The molecule has 1 fully saturated rings. The lowest BCUT2D eigenvalue weighted by Gasteiger charge is -2.38. The van der Waals surface area contributed by atoms with Crippen molar-refractivity contribution in [3.8, 4) is 11.3 Å². The molecule has 1 aliphatic heterocycles. The first-order valence-electron chi connectivity index (χ1n) is 17.2. The number of benzene rings is 2. The largest absolute Gasteiger partial charge is 0.444 e. The van der Waals surface area contributed by atoms with Gasteiger partial charge in [0.2, 0.25) is 11.8 Å². The minimum Gasteiger partial charge on any atom is -0.444 e. The van der Waals surface area contributed by atoms with Crippen LogP contribution in [0.3, 0.4) is 0 Å². The van der Waals surface area contributed by atoms with Crippen LogP contribution in [0.4, 0.5) is 9.18 Å². The topological polar surface area (TPSA) is 128 Å². The standard InChI is InChI=1S/C38H51FN6O5/c1-25(43(8)36(49)50-38(5,6)7)33(46)42-31(37(2,3)4)34(47)45-21-12-15-29(45)24-44(22-20-26-16-18-28(39)19-17-26)35(48)32-40-23-30(41-32)27-13-10-9-11-14-27/h9-11,13-14,16-19,23,25,29,31H,12,15,20-22,24H2,1-8H3,(H,40,41)(H,42,46)/t25-,29-,31+/m0/s1. The Morgan fingerprint density at radius 3 is 2.32 bits per heavy atom. The zero-order valence-corrected chi connectivity index (χ0v) is 30.5. The lowest BCUT2D eigenvalue weighted by Crippen LogP contribution is -2.59. The summed E-state index contributed by atoms with van der Waals surface area (Å²) in [5, 5.41) is 2.92. The highest BCUT2D eigenvalue weighted by molar-refractivity contribution is 5.93. The molecule has 0 saturated carbocycles. The van der Waals surface area contributed by atoms with E-state index in [0.29, 0.717) is 31.6 Å². The van der Waals surface area contributed by atoms with Crippen LogP contribution in [0.25, 0.3) is 11.3 Å². The van der Waals surface area contributed by atoms with Gasteiger partial charge in [0.05, 0.1) is 11.9 Å². The summed E-state index contributed by atoms with van der Waals surface area (Å²) < 4.78 is 19.0. The second-order valence-corrected chi connectivity index (χ2v) is 15.0. The number of carbonyl (C=O) groups excluding carboxylic acids is 4. The average Bonchev–Trinajstić information content (AvgIpc) is 3.74. The van der Waals surface area contributed by atoms with E-state index in [-0.39, 0.29) is 36.0 Å². The van der Waals surface area contributed by atoms with E-state index >= 15 is 0 Å². The predicted octanol–water partition coefficient (Wildman–Crippen LogP) is 5.68. The summed E-state index contributed by atoms with van der Waals surface area (Å²) in [6.07, 6.45) is 2.86. The highest BCUT2D eigenvalue weighted by atomic mass is 19.1. The van der Waals surface area contributed by atoms with Crippen molar-refractivity contribution in [1.29, 1.82) is 0 Å². The Balaban J connectivity index is 1.53. The van der Waals surface area contributed by atoms with Gasteiger partial charge in [-0.05, 0) is 75.6 Å². The number of hydrogen-bond acceptors (Lipinski definition) is 6. The fraction of sp³-hybridized carbons (Fsp3) is 0.500. The molecule has 0 unspecified atom stereocenters. The molecule has 1 saturated heterocycles. The maximum absolute atomic E-state index is 14.3. The summed E-state index contributed by atoms with van der Waals surface area (Å²) in [4.78, 5) is 66.7. The van der Waals surface area contributed by atoms with E-state index in [2.05, 4.69) is 15.3 Å². The monoisotopic (exact) mass is 690 g/mol. The zero-order chi connectivity index (χ0) is 36.8. The van der Waals surface area contributed by atoms with E-state index in [0.717, 1.165) is 17.5 Å². The van der Waals surface area contributed by atoms with E-state index in [1.807, 2.05) is 51.1 Å². The van der Waals surface area contributed by atoms with Gasteiger partial charge in [0.1, 0.15) is 23.5 Å². The molecule has 11 nitrogen and oxygen atoms in total. The number of amides is 4. The van der Waals surface area contributed by atoms with Crippen LogP contribution in [-0.2, 0) is 20.7 Å². The maximum Gasteiger partial charge on any atom is 0.410 e. The maximum atomic E-state index is 14.3. The molecule has 4 rings (SSSR count). The van der Waals surface area contributed by atoms with Gasteiger partial charge in [0.15, 0.2) is 5.82 Å². The number of H-pyrrole nitrogens is 1. The van der Waals surface area contributed by atoms with Crippen LogP contribution in [0.2, 0.25) is 0 Å². The third-order valence-corrected chi connectivity index (χ3v) is 8.87. The third kappa shape index (κ3) is 9.92. The normalized spacial score (nSPS) is 16.0. The molecular formula is C38H51FN6O5. The van der Waals surface area contributed by atoms with E-state index < -0.39 is 35.1 Å². The van der Waals surface area contributed by atoms with Crippen molar-refractivity contribution in [2.45, 2.75) is 91.5 Å². The molecule has 0 aliphatic carbocycles. The second-order valence-electron chi connectivity index (χ2n) is 15.0. The molecule has 50 heavy (non-hydrogen) atoms. The fourth-order valence-electron chi connectivity index (χ4n) is 5.85. The van der Waals surface area contributed by atoms with Gasteiger partial charge in [-0.15, -0.1) is 0 Å². The quantitative estimate of drug-likeness (QED) is 0.267. The number of nitrogens with one attached hydrogen (secondary N) is 2. The van der Waals surface area contributed by atoms with Gasteiger partial charge in [-0.3, -0.25) is 19.3 Å². The van der Waals surface area contributed by atoms with Crippen molar-refractivity contribution in [2.75, 3.05) is 26.7 Å². The number of aromatic nitrogens is 2. The summed E-state index contributed by atoms with van der Waals surface area (Å²) in [5.74, 6) is -1.20. The van der Waals surface area contributed by atoms with Gasteiger partial charge in [-0.2, -0.15) is 0 Å². The first kappa shape index (κ1) is 38.1. The van der Waals surface area contributed by atoms with Crippen molar-refractivity contribution in [3.63, 3.8) is 0 Å². The number of nitrogens with zero attached hydrogens (tertiary/aromatic N) is 4. The minimum absolute atomic E-state index is 0.182. The number of aromatic amines is 1. The van der Waals surface area contributed by atoms with Gasteiger partial charge in [-0.1, -0.05) is 63.2 Å². The Morgan fingerprint density at radius 2 is 1.70 bits per heavy atom. The lowest BCUT2D eigenvalue weighted by molar-refractivity contribution is -0.141. The molecule has 2 N–H and O–H groups in total. The van der Waals surface area contributed by atoms with E-state index in [1.165, 1.54) is 24.1 Å². The molecule has 1 aliphatic rings. The summed E-state index contributed by atoms with van der Waals surface area (Å²) in [5.41, 5.74) is 1.08. The van der Waals surface area contributed by atoms with Crippen molar-refractivity contribution >= 4 is 23.8 Å². The number of hydrogen-bond donors (Lipinski definition) is 2. The van der Waals surface area contributed by atoms with Crippen LogP contribution < -0.4 is 5.32 Å². The predicted molar refractivity (Wildman–Crippen MR) is 190 cm³/mol. The van der Waals surface area contributed by atoms with Crippen LogP contribution in [0.15, 0.2) is 60.8 Å². The zero-order valence-electron chi connectivity index (χ0n) is 30.5. The van der Waals surface area contributed by atoms with E-state index in [9.17, 15) is 23.6 Å². The second kappa shape index (κ2) is 15.9. The summed E-state index contributed by atoms with van der Waals surface area (Å²) in [6.45, 7) is 13.5. The van der Waals surface area contributed by atoms with Gasteiger partial charge >= 0.3 is 6.09 Å². The highest BCUT2D eigenvalue weighted by Gasteiger charge is 2.41. The number of likely N-dealkylation sites (tertiary alicyclic amines) is 1. The minimum atomic E-state index is -0.898. The molecule has 3 atom stereocenters. The van der Waals surface area contributed by atoms with E-state index in [1.54, 1.807) is 55.8 Å². The molecule has 12 heteroatoms. The first-order chi connectivity index (χ1) is 23.4. The van der Waals surface area contributed by atoms with Crippen LogP contribution >= 0.6 is 0 Å². The molecule has 4 amide bonds. The Labute approximate surface area is 294 Å². The molecule has 0 spiro atoms. The van der Waals surface area contributed by atoms with Gasteiger partial charge in [0.25, 0.3) is 5.91 Å². The van der Waals surface area contributed by atoms with Crippen LogP contribution in [0.1, 0.15) is 77.5 Å². The van der Waals surface area contributed by atoms with Crippen LogP contribution in [-0.4, -0.2) is 98.9 Å². The Kier molecular flexibility index (Phi) is 12.1. The molecule has 2 heterocycles. The molecule has 3 aromatic rings. The molecule has 1 aromatic heterocycles. The van der Waals surface area contributed by atoms with Gasteiger partial charge < -0.3 is 24.8 Å². The van der Waals surface area contributed by atoms with E-state index in [4.69, 9.17) is 4.74 Å². The molecular weight excluding hydrogens is 639 g/mol. The summed E-state index contributed by atoms with van der Waals surface area (Å²) >= 11 is 0. The first-order valence-corrected chi connectivity index (χ1v) is 17.2. The summed E-state index contributed by atoms with van der Waals surface area (Å²) in [6, 6.07) is 13.7. The SMILES string of the molecule is C[C@@H](C(=O)N[C@H](C(=O)N1CCC[C@H]1CN(CCc1ccc(F)cc1)C(=O)c1ncc(-c2ccccc2)[nH]1)C(C)(C)C)N(C)C(=O)OC(C)(C)C. The number of rotatable bonds is 11. The lowest BCUT2D eigenvalue weighted by atomic mass is 9.85.